The van der Waals surface area contributed by atoms with Gasteiger partial charge in [-0.15, -0.1) is 0 Å². The molecule has 4 rings (SSSR count). The molecule has 0 N–H and O–H groups in total. The molecule has 1 aromatic heterocycles. The molecular weight excluding hydrogens is 435 g/mol. The zero-order chi connectivity index (χ0) is 24.1. The highest BCUT2D eigenvalue weighted by molar-refractivity contribution is 5.83. The van der Waals surface area contributed by atoms with Crippen LogP contribution in [0.15, 0.2) is 53.1 Å². The van der Waals surface area contributed by atoms with Crippen LogP contribution in [0.5, 0.6) is 0 Å². The van der Waals surface area contributed by atoms with Gasteiger partial charge in [0.2, 0.25) is 11.7 Å². The molecule has 1 atom stereocenters. The van der Waals surface area contributed by atoms with Gasteiger partial charge in [-0.25, -0.2) is 4.39 Å². The second-order valence-electron chi connectivity index (χ2n) is 8.05. The fourth-order valence-electron chi connectivity index (χ4n) is 4.36. The van der Waals surface area contributed by atoms with Crippen molar-refractivity contribution in [1.29, 1.82) is 5.26 Å². The standard InChI is InChI=1S/C25H27FN6O2/c1-3-30(4-2)25(33)23(18-8-6-5-7-9-18)32-14-12-31(13-15-32)21-11-10-19(16-20(21)26)24-28-22(17-27)34-29-24/h5-11,16,23H,3-4,12-15H2,1-2H3. The van der Waals surface area contributed by atoms with E-state index in [4.69, 9.17) is 9.78 Å². The van der Waals surface area contributed by atoms with E-state index >= 15 is 0 Å². The minimum absolute atomic E-state index is 0.0945. The molecule has 176 valence electrons. The number of anilines is 1. The van der Waals surface area contributed by atoms with Crippen LogP contribution >= 0.6 is 0 Å². The lowest BCUT2D eigenvalue weighted by Gasteiger charge is -2.41. The van der Waals surface area contributed by atoms with Gasteiger partial charge in [0, 0.05) is 44.8 Å². The van der Waals surface area contributed by atoms with Gasteiger partial charge in [0.1, 0.15) is 11.9 Å². The number of amides is 1. The molecular formula is C25H27FN6O2. The van der Waals surface area contributed by atoms with E-state index in [1.54, 1.807) is 18.2 Å². The first-order valence-corrected chi connectivity index (χ1v) is 11.4. The van der Waals surface area contributed by atoms with Crippen LogP contribution in [-0.4, -0.2) is 65.1 Å². The van der Waals surface area contributed by atoms with Crippen LogP contribution in [0.4, 0.5) is 10.1 Å². The summed E-state index contributed by atoms with van der Waals surface area (Å²) in [5.41, 5.74) is 1.90. The van der Waals surface area contributed by atoms with E-state index in [0.717, 1.165) is 5.56 Å². The Kier molecular flexibility index (Phi) is 7.18. The maximum atomic E-state index is 15.0. The van der Waals surface area contributed by atoms with Gasteiger partial charge in [0.15, 0.2) is 6.07 Å². The fraction of sp³-hybridized carbons (Fsp3) is 0.360. The second-order valence-corrected chi connectivity index (χ2v) is 8.05. The van der Waals surface area contributed by atoms with E-state index in [-0.39, 0.29) is 23.7 Å². The summed E-state index contributed by atoms with van der Waals surface area (Å²) in [7, 11) is 0. The van der Waals surface area contributed by atoms with Crippen LogP contribution in [0.25, 0.3) is 11.4 Å². The molecule has 3 aromatic rings. The smallest absolute Gasteiger partial charge is 0.329 e. The Morgan fingerprint density at radius 3 is 2.44 bits per heavy atom. The molecule has 34 heavy (non-hydrogen) atoms. The molecule has 8 nitrogen and oxygen atoms in total. The molecule has 1 aliphatic heterocycles. The zero-order valence-electron chi connectivity index (χ0n) is 19.3. The van der Waals surface area contributed by atoms with Gasteiger partial charge in [-0.2, -0.15) is 10.2 Å². The molecule has 0 aliphatic carbocycles. The maximum Gasteiger partial charge on any atom is 0.329 e. The third-order valence-electron chi connectivity index (χ3n) is 6.17. The second kappa shape index (κ2) is 10.4. The van der Waals surface area contributed by atoms with Crippen LogP contribution in [0.3, 0.4) is 0 Å². The van der Waals surface area contributed by atoms with Gasteiger partial charge < -0.3 is 14.3 Å². The predicted octanol–water partition coefficient (Wildman–Crippen LogP) is 3.48. The van der Waals surface area contributed by atoms with Crippen molar-refractivity contribution in [3.63, 3.8) is 0 Å². The maximum absolute atomic E-state index is 15.0. The van der Waals surface area contributed by atoms with E-state index in [0.29, 0.717) is 50.5 Å². The highest BCUT2D eigenvalue weighted by atomic mass is 19.1. The van der Waals surface area contributed by atoms with Crippen LogP contribution in [0.2, 0.25) is 0 Å². The van der Waals surface area contributed by atoms with Gasteiger partial charge in [-0.05, 0) is 37.6 Å². The predicted molar refractivity (Wildman–Crippen MR) is 125 cm³/mol. The quantitative estimate of drug-likeness (QED) is 0.531. The molecule has 1 unspecified atom stereocenters. The van der Waals surface area contributed by atoms with Crippen LogP contribution in [-0.2, 0) is 4.79 Å². The molecule has 2 heterocycles. The highest BCUT2D eigenvalue weighted by Gasteiger charge is 2.33. The fourth-order valence-corrected chi connectivity index (χ4v) is 4.36. The number of piperazine rings is 1. The van der Waals surface area contributed by atoms with Crippen molar-refractivity contribution >= 4 is 11.6 Å². The Hall–Kier alpha value is -3.77. The summed E-state index contributed by atoms with van der Waals surface area (Å²) in [4.78, 5) is 23.3. The number of likely N-dealkylation sites (N-methyl/N-ethyl adjacent to an activating group) is 1. The first kappa shape index (κ1) is 23.4. The van der Waals surface area contributed by atoms with Gasteiger partial charge in [0.25, 0.3) is 0 Å². The molecule has 0 saturated carbocycles. The Labute approximate surface area is 198 Å². The summed E-state index contributed by atoms with van der Waals surface area (Å²) in [5.74, 6) is -0.291. The molecule has 1 fully saturated rings. The molecule has 9 heteroatoms. The van der Waals surface area contributed by atoms with Gasteiger partial charge in [-0.1, -0.05) is 35.5 Å². The summed E-state index contributed by atoms with van der Waals surface area (Å²) in [6.07, 6.45) is 0. The average molecular weight is 463 g/mol. The summed E-state index contributed by atoms with van der Waals surface area (Å²) >= 11 is 0. The lowest BCUT2D eigenvalue weighted by atomic mass is 10.0. The summed E-state index contributed by atoms with van der Waals surface area (Å²) in [6, 6.07) is 16.0. The minimum Gasteiger partial charge on any atom is -0.367 e. The topological polar surface area (TPSA) is 89.5 Å². The number of nitriles is 1. The van der Waals surface area contributed by atoms with Crippen molar-refractivity contribution in [2.45, 2.75) is 19.9 Å². The molecule has 1 aliphatic rings. The highest BCUT2D eigenvalue weighted by Crippen LogP contribution is 2.29. The number of halogens is 1. The number of hydrogen-bond acceptors (Lipinski definition) is 7. The number of nitrogens with zero attached hydrogens (tertiary/aromatic N) is 6. The lowest BCUT2D eigenvalue weighted by molar-refractivity contribution is -0.137. The Balaban J connectivity index is 1.50. The molecule has 0 spiro atoms. The largest absolute Gasteiger partial charge is 0.367 e. The first-order chi connectivity index (χ1) is 16.5. The van der Waals surface area contributed by atoms with Crippen molar-refractivity contribution in [1.82, 2.24) is 19.9 Å². The Bertz CT molecular complexity index is 1160. The van der Waals surface area contributed by atoms with Crippen molar-refractivity contribution in [2.24, 2.45) is 0 Å². The Morgan fingerprint density at radius 2 is 1.85 bits per heavy atom. The normalized spacial score (nSPS) is 15.1. The van der Waals surface area contributed by atoms with Crippen molar-refractivity contribution in [3.8, 4) is 17.5 Å². The lowest BCUT2D eigenvalue weighted by Crippen LogP contribution is -2.51. The number of rotatable bonds is 7. The zero-order valence-corrected chi connectivity index (χ0v) is 19.3. The summed E-state index contributed by atoms with van der Waals surface area (Å²) < 4.78 is 19.8. The first-order valence-electron chi connectivity index (χ1n) is 11.4. The van der Waals surface area contributed by atoms with Gasteiger partial charge in [0.05, 0.1) is 5.69 Å². The Morgan fingerprint density at radius 1 is 1.15 bits per heavy atom. The van der Waals surface area contributed by atoms with Crippen LogP contribution < -0.4 is 4.90 Å². The van der Waals surface area contributed by atoms with E-state index in [1.807, 2.05) is 54.0 Å². The van der Waals surface area contributed by atoms with Crippen molar-refractivity contribution < 1.29 is 13.7 Å². The van der Waals surface area contributed by atoms with E-state index < -0.39 is 5.82 Å². The molecule has 0 radical (unpaired) electrons. The number of carbonyl (C=O) groups excluding carboxylic acids is 1. The monoisotopic (exact) mass is 462 g/mol. The van der Waals surface area contributed by atoms with Crippen molar-refractivity contribution in [2.75, 3.05) is 44.2 Å². The average Bonchev–Trinajstić information content (AvgIpc) is 3.36. The van der Waals surface area contributed by atoms with E-state index in [1.165, 1.54) is 6.07 Å². The van der Waals surface area contributed by atoms with E-state index in [2.05, 4.69) is 15.0 Å². The SMILES string of the molecule is CCN(CC)C(=O)C(c1ccccc1)N1CCN(c2ccc(-c3noc(C#N)n3)cc2F)CC1. The summed E-state index contributed by atoms with van der Waals surface area (Å²) in [6.45, 7) is 7.73. The number of benzene rings is 2. The van der Waals surface area contributed by atoms with Gasteiger partial charge in [-0.3, -0.25) is 9.69 Å². The minimum atomic E-state index is -0.395. The number of carbonyl (C=O) groups is 1. The third kappa shape index (κ3) is 4.77. The third-order valence-corrected chi connectivity index (χ3v) is 6.17. The van der Waals surface area contributed by atoms with Gasteiger partial charge >= 0.3 is 5.89 Å². The molecule has 1 amide bonds. The summed E-state index contributed by atoms with van der Waals surface area (Å²) in [5, 5.41) is 12.5. The molecule has 2 aromatic carbocycles. The van der Waals surface area contributed by atoms with Crippen molar-refractivity contribution in [3.05, 3.63) is 65.8 Å². The molecule has 1 saturated heterocycles. The number of aromatic nitrogens is 2. The molecule has 0 bridgehead atoms. The van der Waals surface area contributed by atoms with Crippen LogP contribution in [0.1, 0.15) is 31.3 Å². The van der Waals surface area contributed by atoms with E-state index in [9.17, 15) is 9.18 Å². The van der Waals surface area contributed by atoms with Crippen LogP contribution in [0, 0.1) is 17.1 Å². The number of hydrogen-bond donors (Lipinski definition) is 0.